The van der Waals surface area contributed by atoms with E-state index in [4.69, 9.17) is 14.2 Å². The van der Waals surface area contributed by atoms with Crippen molar-refractivity contribution in [2.24, 2.45) is 0 Å². The van der Waals surface area contributed by atoms with Crippen molar-refractivity contribution in [1.29, 1.82) is 0 Å². The molecule has 0 aliphatic carbocycles. The Labute approximate surface area is 167 Å². The van der Waals surface area contributed by atoms with Gasteiger partial charge in [0.1, 0.15) is 11.4 Å². The summed E-state index contributed by atoms with van der Waals surface area (Å²) in [6.07, 6.45) is 0. The number of aromatic nitrogens is 1. The SMILES string of the molecule is COc1cc(C)ccc1NC(=O)c1csc(Nc2ccc(OC)c(OC)c2)n1. The molecule has 7 nitrogen and oxygen atoms in total. The van der Waals surface area contributed by atoms with Crippen LogP contribution in [0, 0.1) is 6.92 Å². The predicted molar refractivity (Wildman–Crippen MR) is 111 cm³/mol. The number of anilines is 3. The number of methoxy groups -OCH3 is 3. The van der Waals surface area contributed by atoms with Crippen LogP contribution in [-0.4, -0.2) is 32.2 Å². The summed E-state index contributed by atoms with van der Waals surface area (Å²) in [4.78, 5) is 16.9. The molecule has 0 unspecified atom stereocenters. The van der Waals surface area contributed by atoms with Gasteiger partial charge in [-0.25, -0.2) is 4.98 Å². The minimum atomic E-state index is -0.307. The first-order valence-electron chi connectivity index (χ1n) is 8.44. The summed E-state index contributed by atoms with van der Waals surface area (Å²) in [5.41, 5.74) is 2.74. The Kier molecular flexibility index (Phi) is 6.00. The second kappa shape index (κ2) is 8.62. The quantitative estimate of drug-likeness (QED) is 0.610. The Hall–Kier alpha value is -3.26. The first kappa shape index (κ1) is 19.5. The molecule has 3 rings (SSSR count). The summed E-state index contributed by atoms with van der Waals surface area (Å²) in [6.45, 7) is 1.96. The molecule has 1 aromatic heterocycles. The first-order chi connectivity index (χ1) is 13.5. The fourth-order valence-corrected chi connectivity index (χ4v) is 3.27. The summed E-state index contributed by atoms with van der Waals surface area (Å²) in [5, 5.41) is 8.28. The Morgan fingerprint density at radius 2 is 1.71 bits per heavy atom. The van der Waals surface area contributed by atoms with Crippen LogP contribution in [0.5, 0.6) is 17.2 Å². The summed E-state index contributed by atoms with van der Waals surface area (Å²) in [6, 6.07) is 11.0. The number of aryl methyl sites for hydroxylation is 1. The molecule has 0 saturated carbocycles. The third-order valence-corrected chi connectivity index (χ3v) is 4.73. The van der Waals surface area contributed by atoms with E-state index in [0.29, 0.717) is 33.8 Å². The van der Waals surface area contributed by atoms with Crippen molar-refractivity contribution in [3.63, 3.8) is 0 Å². The van der Waals surface area contributed by atoms with Gasteiger partial charge in [-0.15, -0.1) is 11.3 Å². The molecular weight excluding hydrogens is 378 g/mol. The van der Waals surface area contributed by atoms with Gasteiger partial charge in [-0.3, -0.25) is 4.79 Å². The molecule has 0 saturated heterocycles. The zero-order chi connectivity index (χ0) is 20.1. The minimum absolute atomic E-state index is 0.307. The normalized spacial score (nSPS) is 10.3. The summed E-state index contributed by atoms with van der Waals surface area (Å²) in [7, 11) is 4.73. The van der Waals surface area contributed by atoms with E-state index in [-0.39, 0.29) is 5.91 Å². The topological polar surface area (TPSA) is 81.7 Å². The number of carbonyl (C=O) groups excluding carboxylic acids is 1. The average molecular weight is 399 g/mol. The Morgan fingerprint density at radius 3 is 2.43 bits per heavy atom. The third kappa shape index (κ3) is 4.34. The van der Waals surface area contributed by atoms with E-state index in [0.717, 1.165) is 11.3 Å². The largest absolute Gasteiger partial charge is 0.495 e. The van der Waals surface area contributed by atoms with Crippen molar-refractivity contribution in [2.75, 3.05) is 32.0 Å². The van der Waals surface area contributed by atoms with Crippen LogP contribution in [0.25, 0.3) is 0 Å². The van der Waals surface area contributed by atoms with E-state index >= 15 is 0 Å². The van der Waals surface area contributed by atoms with Crippen molar-refractivity contribution in [2.45, 2.75) is 6.92 Å². The second-order valence-electron chi connectivity index (χ2n) is 5.89. The maximum Gasteiger partial charge on any atom is 0.275 e. The van der Waals surface area contributed by atoms with E-state index in [1.807, 2.05) is 25.1 Å². The molecule has 146 valence electrons. The number of rotatable bonds is 7. The lowest BCUT2D eigenvalue weighted by molar-refractivity contribution is 0.102. The summed E-state index contributed by atoms with van der Waals surface area (Å²) >= 11 is 1.33. The zero-order valence-electron chi connectivity index (χ0n) is 16.0. The van der Waals surface area contributed by atoms with Crippen LogP contribution in [0.1, 0.15) is 16.1 Å². The molecule has 0 aliphatic heterocycles. The third-order valence-electron chi connectivity index (χ3n) is 3.98. The van der Waals surface area contributed by atoms with Crippen LogP contribution in [0.4, 0.5) is 16.5 Å². The van der Waals surface area contributed by atoms with Gasteiger partial charge in [0.2, 0.25) is 0 Å². The minimum Gasteiger partial charge on any atom is -0.495 e. The molecule has 2 aromatic carbocycles. The van der Waals surface area contributed by atoms with E-state index in [1.54, 1.807) is 44.9 Å². The highest BCUT2D eigenvalue weighted by atomic mass is 32.1. The zero-order valence-corrected chi connectivity index (χ0v) is 16.8. The fourth-order valence-electron chi connectivity index (χ4n) is 2.56. The molecule has 0 atom stereocenters. The van der Waals surface area contributed by atoms with Crippen LogP contribution in [0.3, 0.4) is 0 Å². The average Bonchev–Trinajstić information content (AvgIpc) is 3.17. The number of amides is 1. The van der Waals surface area contributed by atoms with Crippen molar-refractivity contribution < 1.29 is 19.0 Å². The summed E-state index contributed by atoms with van der Waals surface area (Å²) in [5.74, 6) is 1.54. The van der Waals surface area contributed by atoms with Gasteiger partial charge in [-0.2, -0.15) is 0 Å². The van der Waals surface area contributed by atoms with Crippen molar-refractivity contribution in [3.05, 3.63) is 53.0 Å². The van der Waals surface area contributed by atoms with Crippen molar-refractivity contribution in [1.82, 2.24) is 4.98 Å². The van der Waals surface area contributed by atoms with E-state index in [9.17, 15) is 4.79 Å². The molecule has 3 aromatic rings. The number of hydrogen-bond acceptors (Lipinski definition) is 7. The van der Waals surface area contributed by atoms with Gasteiger partial charge in [0, 0.05) is 17.1 Å². The van der Waals surface area contributed by atoms with Gasteiger partial charge < -0.3 is 24.8 Å². The molecule has 0 bridgehead atoms. The fraction of sp³-hybridized carbons (Fsp3) is 0.200. The lowest BCUT2D eigenvalue weighted by Crippen LogP contribution is -2.13. The monoisotopic (exact) mass is 399 g/mol. The molecule has 0 fully saturated rings. The maximum absolute atomic E-state index is 12.5. The number of benzene rings is 2. The van der Waals surface area contributed by atoms with Gasteiger partial charge >= 0.3 is 0 Å². The molecule has 1 amide bonds. The van der Waals surface area contributed by atoms with Gasteiger partial charge in [0.25, 0.3) is 5.91 Å². The van der Waals surface area contributed by atoms with E-state index in [1.165, 1.54) is 11.3 Å². The number of ether oxygens (including phenoxy) is 3. The van der Waals surface area contributed by atoms with Crippen LogP contribution in [-0.2, 0) is 0 Å². The molecule has 0 radical (unpaired) electrons. The molecule has 0 aliphatic rings. The second-order valence-corrected chi connectivity index (χ2v) is 6.75. The number of thiazole rings is 1. The van der Waals surface area contributed by atoms with Crippen LogP contribution < -0.4 is 24.8 Å². The molecule has 8 heteroatoms. The van der Waals surface area contributed by atoms with Gasteiger partial charge in [-0.1, -0.05) is 6.07 Å². The smallest absolute Gasteiger partial charge is 0.275 e. The maximum atomic E-state index is 12.5. The highest BCUT2D eigenvalue weighted by Crippen LogP contribution is 2.32. The number of nitrogens with zero attached hydrogens (tertiary/aromatic N) is 1. The Morgan fingerprint density at radius 1 is 0.964 bits per heavy atom. The molecule has 1 heterocycles. The lowest BCUT2D eigenvalue weighted by atomic mass is 10.2. The molecular formula is C20H21N3O4S. The van der Waals surface area contributed by atoms with Crippen LogP contribution in [0.15, 0.2) is 41.8 Å². The Balaban J connectivity index is 1.72. The van der Waals surface area contributed by atoms with Gasteiger partial charge in [0.05, 0.1) is 27.0 Å². The highest BCUT2D eigenvalue weighted by Gasteiger charge is 2.14. The summed E-state index contributed by atoms with van der Waals surface area (Å²) < 4.78 is 15.8. The van der Waals surface area contributed by atoms with E-state index < -0.39 is 0 Å². The van der Waals surface area contributed by atoms with E-state index in [2.05, 4.69) is 15.6 Å². The van der Waals surface area contributed by atoms with Gasteiger partial charge in [-0.05, 0) is 36.8 Å². The first-order valence-corrected chi connectivity index (χ1v) is 9.32. The lowest BCUT2D eigenvalue weighted by Gasteiger charge is -2.10. The standard InChI is InChI=1S/C20H21N3O4S/c1-12-5-7-14(17(9-12)26-3)22-19(24)15-11-28-20(23-15)21-13-6-8-16(25-2)18(10-13)27-4/h5-11H,1-4H3,(H,21,23)(H,22,24). The molecule has 0 spiro atoms. The molecule has 2 N–H and O–H groups in total. The predicted octanol–water partition coefficient (Wildman–Crippen LogP) is 4.47. The molecule has 28 heavy (non-hydrogen) atoms. The van der Waals surface area contributed by atoms with Crippen LogP contribution in [0.2, 0.25) is 0 Å². The number of nitrogens with one attached hydrogen (secondary N) is 2. The number of hydrogen-bond donors (Lipinski definition) is 2. The number of carbonyl (C=O) groups is 1. The Bertz CT molecular complexity index is 987. The van der Waals surface area contributed by atoms with Crippen molar-refractivity contribution >= 4 is 33.8 Å². The van der Waals surface area contributed by atoms with Crippen molar-refractivity contribution in [3.8, 4) is 17.2 Å². The highest BCUT2D eigenvalue weighted by molar-refractivity contribution is 7.14. The van der Waals surface area contributed by atoms with Gasteiger partial charge in [0.15, 0.2) is 16.6 Å². The van der Waals surface area contributed by atoms with Crippen LogP contribution >= 0.6 is 11.3 Å².